The molecule has 1 aliphatic heterocycles. The average molecular weight is 362 g/mol. The molecule has 0 amide bonds. The molecule has 3 aromatic rings. The summed E-state index contributed by atoms with van der Waals surface area (Å²) >= 11 is 0. The van der Waals surface area contributed by atoms with Crippen LogP contribution in [0.2, 0.25) is 0 Å². The fraction of sp³-hybridized carbons (Fsp3) is 0.250. The maximum absolute atomic E-state index is 7.21. The third-order valence-corrected chi connectivity index (χ3v) is 14.0. The molecule has 3 aromatic carbocycles. The summed E-state index contributed by atoms with van der Waals surface area (Å²) < 4.78 is 7.21. The van der Waals surface area contributed by atoms with Crippen molar-refractivity contribution in [2.75, 3.05) is 0 Å². The second-order valence-corrected chi connectivity index (χ2v) is 13.1. The van der Waals surface area contributed by atoms with Crippen LogP contribution in [0.15, 0.2) is 91.0 Å². The number of benzene rings is 3. The van der Waals surface area contributed by atoms with Gasteiger partial charge in [-0.05, 0) is 0 Å². The van der Waals surface area contributed by atoms with Crippen LogP contribution in [0.5, 0.6) is 0 Å². The summed E-state index contributed by atoms with van der Waals surface area (Å²) in [5.41, 5.74) is -0.216. The first-order valence-corrected chi connectivity index (χ1v) is 11.4. The molecule has 0 aromatic heterocycles. The summed E-state index contributed by atoms with van der Waals surface area (Å²) in [6, 6.07) is 32.7. The van der Waals surface area contributed by atoms with E-state index in [9.17, 15) is 0 Å². The molecule has 0 bridgehead atoms. The second kappa shape index (κ2) is 5.52. The van der Waals surface area contributed by atoms with E-state index in [2.05, 4.69) is 119 Å². The van der Waals surface area contributed by atoms with Crippen LogP contribution < -0.4 is 15.9 Å². The molecule has 0 N–H and O–H groups in total. The molecule has 0 unspecified atom stereocenters. The van der Waals surface area contributed by atoms with Crippen molar-refractivity contribution in [2.24, 2.45) is 0 Å². The molecule has 0 radical (unpaired) electrons. The van der Waals surface area contributed by atoms with Crippen molar-refractivity contribution in [3.05, 3.63) is 91.0 Å². The van der Waals surface area contributed by atoms with E-state index in [0.29, 0.717) is 0 Å². The zero-order valence-electron chi connectivity index (χ0n) is 16.0. The minimum atomic E-state index is -3.10. The quantitative estimate of drug-likeness (QED) is 0.595. The van der Waals surface area contributed by atoms with Crippen molar-refractivity contribution >= 4 is 22.7 Å². The predicted molar refractivity (Wildman–Crippen MR) is 114 cm³/mol. The molecule has 1 fully saturated rings. The van der Waals surface area contributed by atoms with Crippen molar-refractivity contribution in [2.45, 2.75) is 38.5 Å². The molecule has 1 aliphatic rings. The molecule has 4 rings (SSSR count). The number of rotatable bonds is 3. The molecule has 26 heavy (non-hydrogen) atoms. The van der Waals surface area contributed by atoms with E-state index in [1.165, 1.54) is 15.9 Å². The molecule has 1 nitrogen and oxygen atoms in total. The number of hydrogen-bond acceptors (Lipinski definition) is 1. The van der Waals surface area contributed by atoms with E-state index in [1.807, 2.05) is 0 Å². The van der Waals surface area contributed by atoms with Crippen LogP contribution in [0.1, 0.15) is 27.7 Å². The van der Waals surface area contributed by atoms with E-state index in [0.717, 1.165) is 0 Å². The normalized spacial score (nSPS) is 23.2. The second-order valence-electron chi connectivity index (χ2n) is 8.20. The summed E-state index contributed by atoms with van der Waals surface area (Å²) in [4.78, 5) is 0. The van der Waals surface area contributed by atoms with Crippen LogP contribution in [0.3, 0.4) is 0 Å². The minimum absolute atomic E-state index is 0.0529. The molecular weight excluding hydrogens is 335 g/mol. The van der Waals surface area contributed by atoms with Crippen LogP contribution >= 0.6 is 6.83 Å². The fourth-order valence-corrected chi connectivity index (χ4v) is 12.6. The Kier molecular flexibility index (Phi) is 3.71. The van der Waals surface area contributed by atoms with Crippen LogP contribution in [0.4, 0.5) is 0 Å². The first kappa shape index (κ1) is 17.5. The first-order valence-electron chi connectivity index (χ1n) is 9.26. The molecule has 2 heteroatoms. The Morgan fingerprint density at radius 3 is 1.08 bits per heavy atom. The Morgan fingerprint density at radius 1 is 0.538 bits per heavy atom. The van der Waals surface area contributed by atoms with Gasteiger partial charge in [-0.15, -0.1) is 0 Å². The Labute approximate surface area is 157 Å². The molecule has 0 saturated carbocycles. The molecule has 134 valence electrons. The van der Waals surface area contributed by atoms with Crippen molar-refractivity contribution < 1.29 is 4.52 Å². The summed E-state index contributed by atoms with van der Waals surface area (Å²) in [6.07, 6.45) is 0. The van der Waals surface area contributed by atoms with Gasteiger partial charge in [0.25, 0.3) is 0 Å². The van der Waals surface area contributed by atoms with Gasteiger partial charge in [-0.2, -0.15) is 0 Å². The Bertz CT molecular complexity index is 815. The predicted octanol–water partition coefficient (Wildman–Crippen LogP) is 5.02. The molecule has 1 saturated heterocycles. The average Bonchev–Trinajstić information content (AvgIpc) is 2.68. The van der Waals surface area contributed by atoms with Gasteiger partial charge in [0, 0.05) is 0 Å². The van der Waals surface area contributed by atoms with Gasteiger partial charge < -0.3 is 0 Å². The van der Waals surface area contributed by atoms with Gasteiger partial charge in [0.2, 0.25) is 0 Å². The fourth-order valence-electron chi connectivity index (χ4n) is 4.87. The summed E-state index contributed by atoms with van der Waals surface area (Å²) in [7, 11) is 0. The Hall–Kier alpha value is -1.95. The van der Waals surface area contributed by atoms with Gasteiger partial charge in [0.15, 0.2) is 0 Å². The zero-order valence-corrected chi connectivity index (χ0v) is 16.9. The van der Waals surface area contributed by atoms with Crippen molar-refractivity contribution in [1.82, 2.24) is 0 Å². The van der Waals surface area contributed by atoms with E-state index >= 15 is 0 Å². The van der Waals surface area contributed by atoms with Gasteiger partial charge in [-0.1, -0.05) is 0 Å². The van der Waals surface area contributed by atoms with Crippen LogP contribution in [0, 0.1) is 0 Å². The van der Waals surface area contributed by atoms with Gasteiger partial charge in [-0.3, -0.25) is 0 Å². The van der Waals surface area contributed by atoms with Crippen LogP contribution in [-0.2, 0) is 4.52 Å². The zero-order chi connectivity index (χ0) is 18.5. The third kappa shape index (κ3) is 1.78. The van der Waals surface area contributed by atoms with Gasteiger partial charge in [0.1, 0.15) is 0 Å². The Morgan fingerprint density at radius 2 is 0.846 bits per heavy atom. The maximum atomic E-state index is 7.21. The van der Waals surface area contributed by atoms with Gasteiger partial charge in [0.05, 0.1) is 0 Å². The molecular formula is C24H27OP. The van der Waals surface area contributed by atoms with Crippen LogP contribution in [-0.4, -0.2) is 10.8 Å². The molecule has 0 spiro atoms. The SMILES string of the molecule is CC1(C)OP(c2ccccc2)(c2ccccc2)(c2ccccc2)C1(C)C. The van der Waals surface area contributed by atoms with E-state index in [-0.39, 0.29) is 10.8 Å². The van der Waals surface area contributed by atoms with Crippen molar-refractivity contribution in [3.63, 3.8) is 0 Å². The summed E-state index contributed by atoms with van der Waals surface area (Å²) in [6.45, 7) is 6.14. The first-order chi connectivity index (χ1) is 12.4. The molecule has 0 aliphatic carbocycles. The van der Waals surface area contributed by atoms with Gasteiger partial charge >= 0.3 is 157 Å². The number of hydrogen-bond donors (Lipinski definition) is 0. The van der Waals surface area contributed by atoms with Crippen molar-refractivity contribution in [1.29, 1.82) is 0 Å². The molecule has 0 atom stereocenters. The van der Waals surface area contributed by atoms with E-state index in [1.54, 1.807) is 0 Å². The summed E-state index contributed by atoms with van der Waals surface area (Å²) in [5.74, 6) is 0. The monoisotopic (exact) mass is 362 g/mol. The van der Waals surface area contributed by atoms with E-state index < -0.39 is 6.83 Å². The van der Waals surface area contributed by atoms with Crippen LogP contribution in [0.25, 0.3) is 0 Å². The topological polar surface area (TPSA) is 9.23 Å². The molecule has 1 heterocycles. The third-order valence-electron chi connectivity index (χ3n) is 6.70. The summed E-state index contributed by atoms with van der Waals surface area (Å²) in [5, 5.41) is 3.86. The van der Waals surface area contributed by atoms with Gasteiger partial charge in [-0.25, -0.2) is 0 Å². The van der Waals surface area contributed by atoms with E-state index in [4.69, 9.17) is 4.52 Å². The standard InChI is InChI=1S/C24H27OP/c1-23(2)24(3,4)26(25-23,20-14-8-5-9-15-20,21-16-10-6-11-17-21)22-18-12-7-13-19-22/h5-19H,1-4H3. The Balaban J connectivity index is 2.21. The van der Waals surface area contributed by atoms with Crippen molar-refractivity contribution in [3.8, 4) is 0 Å².